The Morgan fingerprint density at radius 2 is 2.26 bits per heavy atom. The molecule has 19 heavy (non-hydrogen) atoms. The summed E-state index contributed by atoms with van der Waals surface area (Å²) < 4.78 is 0. The van der Waals surface area contributed by atoms with Crippen molar-refractivity contribution in [1.82, 2.24) is 10.3 Å². The van der Waals surface area contributed by atoms with Gasteiger partial charge in [-0.15, -0.1) is 0 Å². The first-order chi connectivity index (χ1) is 9.29. The summed E-state index contributed by atoms with van der Waals surface area (Å²) in [7, 11) is 0. The molecule has 1 fully saturated rings. The van der Waals surface area contributed by atoms with Crippen molar-refractivity contribution in [1.29, 1.82) is 0 Å². The molecule has 0 aliphatic heterocycles. The zero-order valence-electron chi connectivity index (χ0n) is 11.2. The van der Waals surface area contributed by atoms with Crippen molar-refractivity contribution < 1.29 is 9.90 Å². The van der Waals surface area contributed by atoms with Crippen LogP contribution in [-0.2, 0) is 11.2 Å². The molecule has 2 unspecified atom stereocenters. The van der Waals surface area contributed by atoms with E-state index in [1.165, 1.54) is 0 Å². The van der Waals surface area contributed by atoms with E-state index in [0.717, 1.165) is 37.7 Å². The molecule has 0 spiro atoms. The van der Waals surface area contributed by atoms with Gasteiger partial charge < -0.3 is 10.4 Å². The molecule has 1 aromatic rings. The normalized spacial score (nSPS) is 23.0. The lowest BCUT2D eigenvalue weighted by Gasteiger charge is -2.30. The third kappa shape index (κ3) is 4.31. The summed E-state index contributed by atoms with van der Waals surface area (Å²) in [4.78, 5) is 16.0. The van der Waals surface area contributed by atoms with Crippen molar-refractivity contribution in [3.8, 4) is 0 Å². The van der Waals surface area contributed by atoms with Crippen molar-refractivity contribution in [2.75, 3.05) is 6.61 Å². The van der Waals surface area contributed by atoms with E-state index < -0.39 is 0 Å². The number of nitrogens with zero attached hydrogens (tertiary/aromatic N) is 1. The average molecular weight is 262 g/mol. The van der Waals surface area contributed by atoms with Gasteiger partial charge in [0, 0.05) is 37.4 Å². The summed E-state index contributed by atoms with van der Waals surface area (Å²) >= 11 is 0. The third-order valence-corrected chi connectivity index (χ3v) is 3.85. The van der Waals surface area contributed by atoms with E-state index in [1.807, 2.05) is 12.1 Å². The Labute approximate surface area is 114 Å². The molecule has 1 amide bonds. The number of rotatable bonds is 5. The first kappa shape index (κ1) is 14.0. The van der Waals surface area contributed by atoms with Crippen LogP contribution in [0.5, 0.6) is 0 Å². The van der Waals surface area contributed by atoms with Gasteiger partial charge in [0.1, 0.15) is 0 Å². The molecule has 1 aromatic heterocycles. The van der Waals surface area contributed by atoms with Gasteiger partial charge in [0.25, 0.3) is 0 Å². The Kier molecular flexibility index (Phi) is 5.33. The summed E-state index contributed by atoms with van der Waals surface area (Å²) in [6.07, 6.45) is 9.05. The highest BCUT2D eigenvalue weighted by Crippen LogP contribution is 2.24. The van der Waals surface area contributed by atoms with Crippen LogP contribution in [0.2, 0.25) is 0 Å². The Morgan fingerprint density at radius 1 is 1.42 bits per heavy atom. The second-order valence-corrected chi connectivity index (χ2v) is 5.26. The largest absolute Gasteiger partial charge is 0.396 e. The van der Waals surface area contributed by atoms with Gasteiger partial charge in [0.05, 0.1) is 0 Å². The molecular formula is C15H22N2O2. The van der Waals surface area contributed by atoms with Crippen LogP contribution in [-0.4, -0.2) is 28.6 Å². The molecule has 4 nitrogen and oxygen atoms in total. The molecule has 1 aliphatic carbocycles. The van der Waals surface area contributed by atoms with Crippen LogP contribution >= 0.6 is 0 Å². The lowest BCUT2D eigenvalue weighted by molar-refractivity contribution is -0.122. The molecule has 1 heterocycles. The van der Waals surface area contributed by atoms with Crippen LogP contribution in [0, 0.1) is 5.92 Å². The summed E-state index contributed by atoms with van der Waals surface area (Å²) in [6.45, 7) is 0.174. The van der Waals surface area contributed by atoms with Gasteiger partial charge in [-0.2, -0.15) is 0 Å². The Balaban J connectivity index is 1.77. The quantitative estimate of drug-likeness (QED) is 0.848. The monoisotopic (exact) mass is 262 g/mol. The number of hydrogen-bond acceptors (Lipinski definition) is 3. The minimum Gasteiger partial charge on any atom is -0.396 e. The fraction of sp³-hybridized carbons (Fsp3) is 0.600. The Bertz CT molecular complexity index is 394. The van der Waals surface area contributed by atoms with E-state index in [-0.39, 0.29) is 24.5 Å². The first-order valence-corrected chi connectivity index (χ1v) is 7.08. The smallest absolute Gasteiger partial charge is 0.220 e. The predicted octanol–water partition coefficient (Wildman–Crippen LogP) is 1.68. The molecule has 1 saturated carbocycles. The minimum atomic E-state index is 0.0780. The molecule has 2 rings (SSSR count). The number of aromatic nitrogens is 1. The van der Waals surface area contributed by atoms with Crippen LogP contribution in [0.15, 0.2) is 24.5 Å². The van der Waals surface area contributed by atoms with E-state index in [0.29, 0.717) is 6.42 Å². The topological polar surface area (TPSA) is 62.2 Å². The van der Waals surface area contributed by atoms with E-state index in [4.69, 9.17) is 0 Å². The van der Waals surface area contributed by atoms with Crippen LogP contribution < -0.4 is 5.32 Å². The molecule has 0 bridgehead atoms. The molecule has 0 radical (unpaired) electrons. The van der Waals surface area contributed by atoms with Gasteiger partial charge in [0.15, 0.2) is 0 Å². The van der Waals surface area contributed by atoms with Gasteiger partial charge in [-0.3, -0.25) is 9.78 Å². The van der Waals surface area contributed by atoms with E-state index >= 15 is 0 Å². The molecule has 1 aliphatic rings. The number of pyridine rings is 1. The number of carbonyl (C=O) groups excluding carboxylic acids is 1. The van der Waals surface area contributed by atoms with Gasteiger partial charge in [-0.1, -0.05) is 18.9 Å². The predicted molar refractivity (Wildman–Crippen MR) is 73.5 cm³/mol. The SMILES string of the molecule is O=C(CCc1cccnc1)NC1CCCCC1CO. The van der Waals surface area contributed by atoms with E-state index in [9.17, 15) is 9.90 Å². The van der Waals surface area contributed by atoms with Crippen molar-refractivity contribution >= 4 is 5.91 Å². The molecule has 0 saturated heterocycles. The third-order valence-electron chi connectivity index (χ3n) is 3.85. The summed E-state index contributed by atoms with van der Waals surface area (Å²) in [5, 5.41) is 12.4. The number of amides is 1. The maximum Gasteiger partial charge on any atom is 0.220 e. The standard InChI is InChI=1S/C15H22N2O2/c18-11-13-5-1-2-6-14(13)17-15(19)8-7-12-4-3-9-16-10-12/h3-4,9-10,13-14,18H,1-2,5-8,11H2,(H,17,19). The minimum absolute atomic E-state index is 0.0780. The molecule has 104 valence electrons. The van der Waals surface area contributed by atoms with Gasteiger partial charge >= 0.3 is 0 Å². The lowest BCUT2D eigenvalue weighted by atomic mass is 9.85. The summed E-state index contributed by atoms with van der Waals surface area (Å²) in [5.74, 6) is 0.310. The number of hydrogen-bond donors (Lipinski definition) is 2. The summed E-state index contributed by atoms with van der Waals surface area (Å²) in [6, 6.07) is 4.02. The number of aliphatic hydroxyl groups excluding tert-OH is 1. The molecule has 2 N–H and O–H groups in total. The van der Waals surface area contributed by atoms with E-state index in [1.54, 1.807) is 12.4 Å². The number of aryl methyl sites for hydroxylation is 1. The van der Waals surface area contributed by atoms with Gasteiger partial charge in [-0.05, 0) is 30.9 Å². The van der Waals surface area contributed by atoms with Crippen LogP contribution in [0.1, 0.15) is 37.7 Å². The van der Waals surface area contributed by atoms with Crippen molar-refractivity contribution in [3.63, 3.8) is 0 Å². The molecular weight excluding hydrogens is 240 g/mol. The van der Waals surface area contributed by atoms with Crippen LogP contribution in [0.3, 0.4) is 0 Å². The first-order valence-electron chi connectivity index (χ1n) is 7.08. The zero-order chi connectivity index (χ0) is 13.5. The maximum absolute atomic E-state index is 11.9. The highest BCUT2D eigenvalue weighted by atomic mass is 16.3. The highest BCUT2D eigenvalue weighted by Gasteiger charge is 2.25. The average Bonchev–Trinajstić information content (AvgIpc) is 2.47. The van der Waals surface area contributed by atoms with Crippen LogP contribution in [0.25, 0.3) is 0 Å². The second-order valence-electron chi connectivity index (χ2n) is 5.26. The van der Waals surface area contributed by atoms with E-state index in [2.05, 4.69) is 10.3 Å². The van der Waals surface area contributed by atoms with Gasteiger partial charge in [-0.25, -0.2) is 0 Å². The van der Waals surface area contributed by atoms with Crippen molar-refractivity contribution in [3.05, 3.63) is 30.1 Å². The molecule has 0 aromatic carbocycles. The fourth-order valence-electron chi connectivity index (χ4n) is 2.70. The lowest BCUT2D eigenvalue weighted by Crippen LogP contribution is -2.43. The number of aliphatic hydroxyl groups is 1. The fourth-order valence-corrected chi connectivity index (χ4v) is 2.70. The zero-order valence-corrected chi connectivity index (χ0v) is 11.2. The van der Waals surface area contributed by atoms with Gasteiger partial charge in [0.2, 0.25) is 5.91 Å². The maximum atomic E-state index is 11.9. The summed E-state index contributed by atoms with van der Waals surface area (Å²) in [5.41, 5.74) is 1.08. The van der Waals surface area contributed by atoms with Crippen LogP contribution in [0.4, 0.5) is 0 Å². The van der Waals surface area contributed by atoms with Crippen molar-refractivity contribution in [2.45, 2.75) is 44.6 Å². The highest BCUT2D eigenvalue weighted by molar-refractivity contribution is 5.76. The number of carbonyl (C=O) groups is 1. The molecule has 4 heteroatoms. The van der Waals surface area contributed by atoms with Crippen molar-refractivity contribution in [2.24, 2.45) is 5.92 Å². The number of nitrogens with one attached hydrogen (secondary N) is 1. The Morgan fingerprint density at radius 3 is 3.00 bits per heavy atom. The Hall–Kier alpha value is -1.42. The second kappa shape index (κ2) is 7.24. The molecule has 2 atom stereocenters.